The number of halogens is 3. The molecule has 1 heterocycles. The van der Waals surface area contributed by atoms with Crippen LogP contribution in [-0.2, 0) is 21.6 Å². The Morgan fingerprint density at radius 2 is 1.61 bits per heavy atom. The summed E-state index contributed by atoms with van der Waals surface area (Å²) in [6.07, 6.45) is 3.83. The fourth-order valence-corrected chi connectivity index (χ4v) is 3.18. The molecular weight excluding hydrogens is 373 g/mol. The average Bonchev–Trinajstić information content (AvgIpc) is 3.48. The number of unbranched alkanes of at least 4 members (excludes halogenated alkanes) is 6. The number of ether oxygens (including phenoxy) is 2. The van der Waals surface area contributed by atoms with E-state index in [1.165, 1.54) is 26.4 Å². The van der Waals surface area contributed by atoms with E-state index in [9.17, 15) is 18.0 Å². The van der Waals surface area contributed by atoms with E-state index in [2.05, 4.69) is 15.0 Å². The van der Waals surface area contributed by atoms with Crippen LogP contribution in [0.5, 0.6) is 5.75 Å². The van der Waals surface area contributed by atoms with Gasteiger partial charge in [0.15, 0.2) is 0 Å². The van der Waals surface area contributed by atoms with E-state index in [1.807, 2.05) is 0 Å². The fraction of sp³-hybridized carbons (Fsp3) is 0.650. The van der Waals surface area contributed by atoms with Crippen molar-refractivity contribution in [2.24, 2.45) is 10.2 Å². The quantitative estimate of drug-likeness (QED) is 0.333. The molecule has 2 rings (SSSR count). The number of esters is 1. The van der Waals surface area contributed by atoms with Crippen LogP contribution in [0.4, 0.5) is 13.2 Å². The van der Waals surface area contributed by atoms with Crippen molar-refractivity contribution < 1.29 is 27.4 Å². The van der Waals surface area contributed by atoms with Crippen molar-refractivity contribution in [2.75, 3.05) is 14.2 Å². The van der Waals surface area contributed by atoms with Gasteiger partial charge in [0.05, 0.1) is 14.2 Å². The van der Waals surface area contributed by atoms with Crippen LogP contribution in [0.3, 0.4) is 0 Å². The standard InChI is InChI=1S/C20H27F3N2O3/c1-27-17-14-16(19(24-25-19)20(21,22)23)13-12-15(17)10-8-6-4-3-5-7-9-11-18(26)28-2/h12-14H,3-11H2,1-2H3. The maximum absolute atomic E-state index is 13.1. The fourth-order valence-electron chi connectivity index (χ4n) is 3.18. The predicted molar refractivity (Wildman–Crippen MR) is 98.2 cm³/mol. The van der Waals surface area contributed by atoms with Gasteiger partial charge in [-0.05, 0) is 30.9 Å². The molecule has 0 N–H and O–H groups in total. The maximum atomic E-state index is 13.1. The van der Waals surface area contributed by atoms with Gasteiger partial charge in [0.1, 0.15) is 5.75 Å². The highest BCUT2D eigenvalue weighted by Gasteiger charge is 2.65. The number of aryl methyl sites for hydroxylation is 1. The SMILES string of the molecule is COC(=O)CCCCCCCCCc1ccc(C2(C(F)(F)F)N=N2)cc1OC. The zero-order valence-corrected chi connectivity index (χ0v) is 16.3. The van der Waals surface area contributed by atoms with Crippen LogP contribution in [0, 0.1) is 0 Å². The normalized spacial score (nSPS) is 14.8. The van der Waals surface area contributed by atoms with Crippen molar-refractivity contribution in [1.29, 1.82) is 0 Å². The smallest absolute Gasteiger partial charge is 0.442 e. The van der Waals surface area contributed by atoms with E-state index in [0.717, 1.165) is 56.9 Å². The van der Waals surface area contributed by atoms with Gasteiger partial charge in [0, 0.05) is 12.0 Å². The molecule has 5 nitrogen and oxygen atoms in total. The van der Waals surface area contributed by atoms with Gasteiger partial charge in [0.2, 0.25) is 0 Å². The number of benzene rings is 1. The molecule has 0 radical (unpaired) electrons. The molecule has 0 aromatic heterocycles. The van der Waals surface area contributed by atoms with Crippen molar-refractivity contribution in [3.8, 4) is 5.75 Å². The van der Waals surface area contributed by atoms with Crippen LogP contribution >= 0.6 is 0 Å². The van der Waals surface area contributed by atoms with Gasteiger partial charge in [0.25, 0.3) is 0 Å². The molecule has 1 aromatic rings. The molecule has 1 aromatic carbocycles. The van der Waals surface area contributed by atoms with E-state index >= 15 is 0 Å². The zero-order chi connectivity index (χ0) is 20.6. The number of methoxy groups -OCH3 is 2. The first-order chi connectivity index (χ1) is 13.3. The van der Waals surface area contributed by atoms with Crippen molar-refractivity contribution in [3.63, 3.8) is 0 Å². The van der Waals surface area contributed by atoms with Gasteiger partial charge in [-0.25, -0.2) is 0 Å². The van der Waals surface area contributed by atoms with Gasteiger partial charge >= 0.3 is 17.8 Å². The molecule has 8 heteroatoms. The van der Waals surface area contributed by atoms with Crippen LogP contribution < -0.4 is 4.74 Å². The predicted octanol–water partition coefficient (Wildman–Crippen LogP) is 5.71. The first-order valence-corrected chi connectivity index (χ1v) is 9.59. The van der Waals surface area contributed by atoms with E-state index in [1.54, 1.807) is 6.07 Å². The Morgan fingerprint density at radius 3 is 2.14 bits per heavy atom. The largest absolute Gasteiger partial charge is 0.496 e. The summed E-state index contributed by atoms with van der Waals surface area (Å²) in [5.74, 6) is 0.284. The minimum absolute atomic E-state index is 0.00689. The van der Waals surface area contributed by atoms with Crippen LogP contribution in [0.15, 0.2) is 28.4 Å². The molecule has 0 fully saturated rings. The summed E-state index contributed by atoms with van der Waals surface area (Å²) in [5, 5.41) is 6.46. The van der Waals surface area contributed by atoms with Crippen LogP contribution in [0.2, 0.25) is 0 Å². The third-order valence-corrected chi connectivity index (χ3v) is 4.94. The van der Waals surface area contributed by atoms with Crippen molar-refractivity contribution in [2.45, 2.75) is 69.6 Å². The Balaban J connectivity index is 1.71. The van der Waals surface area contributed by atoms with Crippen molar-refractivity contribution in [1.82, 2.24) is 0 Å². The van der Waals surface area contributed by atoms with Gasteiger partial charge in [-0.2, -0.15) is 13.2 Å². The molecule has 0 aliphatic carbocycles. The highest BCUT2D eigenvalue weighted by atomic mass is 19.4. The Bertz CT molecular complexity index is 684. The zero-order valence-electron chi connectivity index (χ0n) is 16.3. The molecule has 156 valence electrons. The van der Waals surface area contributed by atoms with E-state index in [-0.39, 0.29) is 11.5 Å². The summed E-state index contributed by atoms with van der Waals surface area (Å²) < 4.78 is 49.3. The number of hydrogen-bond acceptors (Lipinski definition) is 5. The molecule has 0 spiro atoms. The lowest BCUT2D eigenvalue weighted by Gasteiger charge is -2.17. The Labute approximate surface area is 163 Å². The third kappa shape index (κ3) is 5.69. The van der Waals surface area contributed by atoms with Gasteiger partial charge in [-0.3, -0.25) is 4.79 Å². The topological polar surface area (TPSA) is 60.2 Å². The molecule has 0 amide bonds. The highest BCUT2D eigenvalue weighted by Crippen LogP contribution is 2.53. The van der Waals surface area contributed by atoms with E-state index in [4.69, 9.17) is 4.74 Å². The molecule has 0 bridgehead atoms. The maximum Gasteiger partial charge on any atom is 0.442 e. The Kier molecular flexibility index (Phi) is 7.83. The summed E-state index contributed by atoms with van der Waals surface area (Å²) in [5.41, 5.74) is -1.53. The summed E-state index contributed by atoms with van der Waals surface area (Å²) in [6.45, 7) is 0. The van der Waals surface area contributed by atoms with Crippen LogP contribution in [0.1, 0.15) is 62.5 Å². The number of hydrogen-bond donors (Lipinski definition) is 0. The second-order valence-corrected chi connectivity index (χ2v) is 6.95. The van der Waals surface area contributed by atoms with Gasteiger partial charge < -0.3 is 9.47 Å². The number of alkyl halides is 3. The lowest BCUT2D eigenvalue weighted by Crippen LogP contribution is -2.30. The number of carbonyl (C=O) groups excluding carboxylic acids is 1. The summed E-state index contributed by atoms with van der Waals surface area (Å²) in [4.78, 5) is 11.0. The number of rotatable bonds is 12. The average molecular weight is 400 g/mol. The molecule has 0 saturated carbocycles. The monoisotopic (exact) mass is 400 g/mol. The molecule has 0 unspecified atom stereocenters. The summed E-state index contributed by atoms with van der Waals surface area (Å²) >= 11 is 0. The minimum Gasteiger partial charge on any atom is -0.496 e. The Morgan fingerprint density at radius 1 is 1.00 bits per heavy atom. The first-order valence-electron chi connectivity index (χ1n) is 9.59. The third-order valence-electron chi connectivity index (χ3n) is 4.94. The molecular formula is C20H27F3N2O3. The molecule has 28 heavy (non-hydrogen) atoms. The second kappa shape index (κ2) is 9.89. The number of carbonyl (C=O) groups is 1. The van der Waals surface area contributed by atoms with Crippen molar-refractivity contribution >= 4 is 5.97 Å². The van der Waals surface area contributed by atoms with Crippen molar-refractivity contribution in [3.05, 3.63) is 29.3 Å². The molecule has 1 aliphatic rings. The van der Waals surface area contributed by atoms with Gasteiger partial charge in [-0.15, -0.1) is 10.2 Å². The van der Waals surface area contributed by atoms with E-state index in [0.29, 0.717) is 12.2 Å². The van der Waals surface area contributed by atoms with Crippen LogP contribution in [-0.4, -0.2) is 26.4 Å². The highest BCUT2D eigenvalue weighted by molar-refractivity contribution is 5.68. The summed E-state index contributed by atoms with van der Waals surface area (Å²) in [7, 11) is 2.86. The lowest BCUT2D eigenvalue weighted by molar-refractivity contribution is -0.166. The van der Waals surface area contributed by atoms with Gasteiger partial charge in [-0.1, -0.05) is 44.2 Å². The van der Waals surface area contributed by atoms with E-state index < -0.39 is 11.8 Å². The first kappa shape index (κ1) is 22.2. The van der Waals surface area contributed by atoms with Crippen LogP contribution in [0.25, 0.3) is 0 Å². The Hall–Kier alpha value is -2.12. The molecule has 0 atom stereocenters. The minimum atomic E-state index is -4.53. The molecule has 1 aliphatic heterocycles. The molecule has 0 saturated heterocycles. The number of nitrogens with zero attached hydrogens (tertiary/aromatic N) is 2. The lowest BCUT2D eigenvalue weighted by atomic mass is 9.97. The summed E-state index contributed by atoms with van der Waals surface area (Å²) in [6, 6.07) is 4.51. The second-order valence-electron chi connectivity index (χ2n) is 6.95.